The van der Waals surface area contributed by atoms with E-state index in [0.717, 1.165) is 31.9 Å². The molecule has 3 rings (SSSR count). The first-order valence-electron chi connectivity index (χ1n) is 8.41. The van der Waals surface area contributed by atoms with Gasteiger partial charge in [-0.3, -0.25) is 9.69 Å². The fraction of sp³-hybridized carbons (Fsp3) is 0.611. The molecule has 5 heteroatoms. The molecule has 126 valence electrons. The highest BCUT2D eigenvalue weighted by Gasteiger charge is 2.49. The second-order valence-electron chi connectivity index (χ2n) is 7.19. The normalized spacial score (nSPS) is 29.1. The van der Waals surface area contributed by atoms with E-state index in [-0.39, 0.29) is 11.8 Å². The van der Waals surface area contributed by atoms with Crippen molar-refractivity contribution in [1.29, 1.82) is 0 Å². The lowest BCUT2D eigenvalue weighted by molar-refractivity contribution is -0.122. The number of amides is 1. The molecule has 23 heavy (non-hydrogen) atoms. The summed E-state index contributed by atoms with van der Waals surface area (Å²) in [6.07, 6.45) is 3.22. The van der Waals surface area contributed by atoms with Gasteiger partial charge in [-0.2, -0.15) is 0 Å². The van der Waals surface area contributed by atoms with E-state index in [1.54, 1.807) is 0 Å². The topological polar surface area (TPSA) is 32.3 Å². The molecule has 1 aromatic rings. The summed E-state index contributed by atoms with van der Waals surface area (Å²) in [6, 6.07) is 4.06. The van der Waals surface area contributed by atoms with Crippen LogP contribution < -0.4 is 5.32 Å². The van der Waals surface area contributed by atoms with Crippen LogP contribution in [0.2, 0.25) is 0 Å². The van der Waals surface area contributed by atoms with Crippen LogP contribution in [0.4, 0.5) is 8.78 Å². The molecule has 3 nitrogen and oxygen atoms in total. The monoisotopic (exact) mass is 322 g/mol. The Morgan fingerprint density at radius 1 is 1.22 bits per heavy atom. The summed E-state index contributed by atoms with van der Waals surface area (Å²) in [5, 5.41) is 3.20. The van der Waals surface area contributed by atoms with Gasteiger partial charge >= 0.3 is 0 Å². The number of nitrogens with one attached hydrogen (secondary N) is 1. The predicted molar refractivity (Wildman–Crippen MR) is 85.1 cm³/mol. The van der Waals surface area contributed by atoms with E-state index in [2.05, 4.69) is 24.1 Å². The minimum Gasteiger partial charge on any atom is -0.349 e. The number of rotatable bonds is 2. The average Bonchev–Trinajstić information content (AvgIpc) is 2.71. The molecule has 0 radical (unpaired) electrons. The molecule has 0 aliphatic carbocycles. The largest absolute Gasteiger partial charge is 0.349 e. The minimum atomic E-state index is -0.557. The highest BCUT2D eigenvalue weighted by molar-refractivity contribution is 5.77. The van der Waals surface area contributed by atoms with Crippen LogP contribution in [0.3, 0.4) is 0 Å². The molecule has 2 aliphatic rings. The van der Waals surface area contributed by atoms with Gasteiger partial charge in [0.05, 0.1) is 5.54 Å². The van der Waals surface area contributed by atoms with Gasteiger partial charge in [0.1, 0.15) is 11.6 Å². The van der Waals surface area contributed by atoms with Gasteiger partial charge in [0.15, 0.2) is 0 Å². The first kappa shape index (κ1) is 16.4. The molecular weight excluding hydrogens is 298 g/mol. The number of nitrogens with zero attached hydrogens (tertiary/aromatic N) is 1. The van der Waals surface area contributed by atoms with Gasteiger partial charge < -0.3 is 5.32 Å². The van der Waals surface area contributed by atoms with Crippen LogP contribution >= 0.6 is 0 Å². The van der Waals surface area contributed by atoms with Crippen molar-refractivity contribution in [2.75, 3.05) is 13.1 Å². The maximum absolute atomic E-state index is 13.7. The van der Waals surface area contributed by atoms with Crippen molar-refractivity contribution in [2.45, 2.75) is 57.0 Å². The van der Waals surface area contributed by atoms with E-state index in [1.807, 2.05) is 0 Å². The molecule has 1 spiro atoms. The standard InChI is InChI=1S/C18H24F2N2O/c1-12(2)22-10-16(13-7-14(19)9-15(20)8-13)18(11-22)6-4-3-5-17(23)21-18/h7-9,12,16H,3-6,10-11H2,1-2H3,(H,21,23)/t16-,18+/m0/s1. The maximum atomic E-state index is 13.7. The summed E-state index contributed by atoms with van der Waals surface area (Å²) in [5.41, 5.74) is 0.228. The Labute approximate surface area is 136 Å². The van der Waals surface area contributed by atoms with E-state index in [9.17, 15) is 13.6 Å². The van der Waals surface area contributed by atoms with Crippen molar-refractivity contribution in [2.24, 2.45) is 0 Å². The van der Waals surface area contributed by atoms with Crippen LogP contribution in [0.1, 0.15) is 51.0 Å². The molecule has 0 bridgehead atoms. The first-order valence-corrected chi connectivity index (χ1v) is 8.41. The number of hydrogen-bond acceptors (Lipinski definition) is 2. The molecule has 2 heterocycles. The van der Waals surface area contributed by atoms with Gasteiger partial charge in [-0.05, 0) is 44.4 Å². The van der Waals surface area contributed by atoms with Gasteiger partial charge in [0, 0.05) is 37.5 Å². The van der Waals surface area contributed by atoms with E-state index in [1.165, 1.54) is 12.1 Å². The third-order valence-electron chi connectivity index (χ3n) is 5.25. The molecule has 1 amide bonds. The number of benzene rings is 1. The van der Waals surface area contributed by atoms with Gasteiger partial charge in [0.2, 0.25) is 5.91 Å². The van der Waals surface area contributed by atoms with Crippen LogP contribution in [-0.4, -0.2) is 35.5 Å². The molecule has 0 saturated carbocycles. The summed E-state index contributed by atoms with van der Waals surface area (Å²) in [5.74, 6) is -1.15. The second-order valence-corrected chi connectivity index (χ2v) is 7.19. The first-order chi connectivity index (χ1) is 10.9. The van der Waals surface area contributed by atoms with E-state index in [4.69, 9.17) is 0 Å². The summed E-state index contributed by atoms with van der Waals surface area (Å²) < 4.78 is 27.4. The van der Waals surface area contributed by atoms with Crippen molar-refractivity contribution in [1.82, 2.24) is 10.2 Å². The van der Waals surface area contributed by atoms with Crippen molar-refractivity contribution in [3.8, 4) is 0 Å². The van der Waals surface area contributed by atoms with Crippen molar-refractivity contribution < 1.29 is 13.6 Å². The van der Waals surface area contributed by atoms with Crippen molar-refractivity contribution in [3.63, 3.8) is 0 Å². The summed E-state index contributed by atoms with van der Waals surface area (Å²) >= 11 is 0. The van der Waals surface area contributed by atoms with Crippen molar-refractivity contribution >= 4 is 5.91 Å². The Hall–Kier alpha value is -1.49. The number of carbonyl (C=O) groups excluding carboxylic acids is 1. The number of hydrogen-bond donors (Lipinski definition) is 1. The van der Waals surface area contributed by atoms with E-state index >= 15 is 0 Å². The maximum Gasteiger partial charge on any atom is 0.220 e. The van der Waals surface area contributed by atoms with Gasteiger partial charge in [0.25, 0.3) is 0 Å². The molecule has 0 aromatic heterocycles. The second kappa shape index (κ2) is 6.19. The zero-order chi connectivity index (χ0) is 16.6. The average molecular weight is 322 g/mol. The van der Waals surface area contributed by atoms with Gasteiger partial charge in [-0.15, -0.1) is 0 Å². The van der Waals surface area contributed by atoms with E-state index < -0.39 is 17.2 Å². The summed E-state index contributed by atoms with van der Waals surface area (Å²) in [7, 11) is 0. The third-order valence-corrected chi connectivity index (χ3v) is 5.25. The molecule has 2 fully saturated rings. The van der Waals surface area contributed by atoms with Crippen molar-refractivity contribution in [3.05, 3.63) is 35.4 Å². The van der Waals surface area contributed by atoms with Crippen LogP contribution in [-0.2, 0) is 4.79 Å². The molecule has 1 aromatic carbocycles. The van der Waals surface area contributed by atoms with Crippen LogP contribution in [0.25, 0.3) is 0 Å². The number of carbonyl (C=O) groups is 1. The lowest BCUT2D eigenvalue weighted by atomic mass is 9.79. The lowest BCUT2D eigenvalue weighted by Crippen LogP contribution is -2.52. The third kappa shape index (κ3) is 3.25. The smallest absolute Gasteiger partial charge is 0.220 e. The molecule has 1 N–H and O–H groups in total. The Bertz CT molecular complexity index is 584. The Morgan fingerprint density at radius 2 is 1.91 bits per heavy atom. The predicted octanol–water partition coefficient (Wildman–Crippen LogP) is 3.20. The van der Waals surface area contributed by atoms with Crippen LogP contribution in [0.15, 0.2) is 18.2 Å². The van der Waals surface area contributed by atoms with Crippen LogP contribution in [0.5, 0.6) is 0 Å². The quantitative estimate of drug-likeness (QED) is 0.907. The van der Waals surface area contributed by atoms with Gasteiger partial charge in [-0.25, -0.2) is 8.78 Å². The molecule has 2 aliphatic heterocycles. The highest BCUT2D eigenvalue weighted by atomic mass is 19.1. The number of likely N-dealkylation sites (tertiary alicyclic amines) is 1. The number of halogens is 2. The fourth-order valence-corrected chi connectivity index (χ4v) is 4.05. The molecule has 0 unspecified atom stereocenters. The molecular formula is C18H24F2N2O. The molecule has 2 atom stereocenters. The Morgan fingerprint density at radius 3 is 2.57 bits per heavy atom. The highest BCUT2D eigenvalue weighted by Crippen LogP contribution is 2.41. The minimum absolute atomic E-state index is 0.0509. The lowest BCUT2D eigenvalue weighted by Gasteiger charge is -2.35. The summed E-state index contributed by atoms with van der Waals surface area (Å²) in [4.78, 5) is 14.4. The summed E-state index contributed by atoms with van der Waals surface area (Å²) in [6.45, 7) is 5.67. The van der Waals surface area contributed by atoms with Gasteiger partial charge in [-0.1, -0.05) is 6.42 Å². The zero-order valence-electron chi connectivity index (χ0n) is 13.7. The van der Waals surface area contributed by atoms with Crippen LogP contribution in [0, 0.1) is 11.6 Å². The zero-order valence-corrected chi connectivity index (χ0v) is 13.7. The fourth-order valence-electron chi connectivity index (χ4n) is 4.05. The van der Waals surface area contributed by atoms with E-state index in [0.29, 0.717) is 24.6 Å². The molecule has 2 saturated heterocycles. The SMILES string of the molecule is CC(C)N1C[C@@H](c2cc(F)cc(F)c2)[C@@]2(CCCCC(=O)N2)C1. The Kier molecular flexibility index (Phi) is 4.41. The Balaban J connectivity index is 2.01.